The van der Waals surface area contributed by atoms with Gasteiger partial charge in [-0.2, -0.15) is 0 Å². The summed E-state index contributed by atoms with van der Waals surface area (Å²) in [5, 5.41) is 0.385. The first-order valence-corrected chi connectivity index (χ1v) is 8.78. The van der Waals surface area contributed by atoms with Crippen LogP contribution in [0, 0.1) is 5.82 Å². The van der Waals surface area contributed by atoms with E-state index in [4.69, 9.17) is 22.1 Å². The number of halogens is 2. The molecule has 2 aliphatic rings. The molecule has 2 aromatic rings. The molecule has 1 aromatic heterocycles. The van der Waals surface area contributed by atoms with Crippen LogP contribution < -0.4 is 10.5 Å². The number of likely N-dealkylation sites (N-methyl/N-ethyl adjacent to an activating group) is 1. The topological polar surface area (TPSA) is 80.8 Å². The number of carbonyl (C=O) groups excluding carboxylic acids is 1. The number of fused-ring (bicyclic) bond motifs is 2. The van der Waals surface area contributed by atoms with Crippen LogP contribution in [0.4, 0.5) is 4.39 Å². The van der Waals surface area contributed by atoms with Crippen LogP contribution >= 0.6 is 11.6 Å². The van der Waals surface area contributed by atoms with Gasteiger partial charge in [0.25, 0.3) is 5.91 Å². The van der Waals surface area contributed by atoms with Crippen molar-refractivity contribution in [1.29, 1.82) is 0 Å². The molecule has 1 unspecified atom stereocenters. The third-order valence-electron chi connectivity index (χ3n) is 4.91. The van der Waals surface area contributed by atoms with Gasteiger partial charge in [0.2, 0.25) is 0 Å². The minimum absolute atomic E-state index is 0.124. The van der Waals surface area contributed by atoms with E-state index in [2.05, 4.69) is 9.98 Å². The van der Waals surface area contributed by atoms with Crippen molar-refractivity contribution >= 4 is 23.5 Å². The summed E-state index contributed by atoms with van der Waals surface area (Å²) in [5.41, 5.74) is 5.21. The van der Waals surface area contributed by atoms with Gasteiger partial charge in [-0.15, -0.1) is 0 Å². The van der Waals surface area contributed by atoms with Crippen LogP contribution in [-0.2, 0) is 10.3 Å². The van der Waals surface area contributed by atoms with Crippen LogP contribution in [-0.4, -0.2) is 34.4 Å². The van der Waals surface area contributed by atoms with E-state index in [0.29, 0.717) is 16.1 Å². The van der Waals surface area contributed by atoms with Gasteiger partial charge < -0.3 is 10.5 Å². The summed E-state index contributed by atoms with van der Waals surface area (Å²) in [6.07, 6.45) is 3.27. The van der Waals surface area contributed by atoms with Crippen molar-refractivity contribution in [2.45, 2.75) is 31.4 Å². The zero-order valence-corrected chi connectivity index (χ0v) is 15.8. The third kappa shape index (κ3) is 2.65. The van der Waals surface area contributed by atoms with Crippen LogP contribution in [0.5, 0.6) is 5.75 Å². The maximum atomic E-state index is 14.9. The van der Waals surface area contributed by atoms with Crippen molar-refractivity contribution in [2.75, 3.05) is 7.05 Å². The van der Waals surface area contributed by atoms with Gasteiger partial charge in [0.15, 0.2) is 11.5 Å². The van der Waals surface area contributed by atoms with E-state index in [-0.39, 0.29) is 29.6 Å². The molecule has 3 heterocycles. The minimum Gasteiger partial charge on any atom is -0.487 e. The number of amides is 1. The Morgan fingerprint density at radius 3 is 2.67 bits per heavy atom. The van der Waals surface area contributed by atoms with Crippen molar-refractivity contribution < 1.29 is 13.9 Å². The lowest BCUT2D eigenvalue weighted by Gasteiger charge is -2.41. The predicted molar refractivity (Wildman–Crippen MR) is 100 cm³/mol. The van der Waals surface area contributed by atoms with Crippen molar-refractivity contribution in [3.05, 3.63) is 47.0 Å². The molecule has 1 spiro atoms. The van der Waals surface area contributed by atoms with E-state index in [9.17, 15) is 9.18 Å². The number of hydrogen-bond donors (Lipinski definition) is 1. The van der Waals surface area contributed by atoms with Gasteiger partial charge in [0.1, 0.15) is 17.2 Å². The second-order valence-electron chi connectivity index (χ2n) is 7.45. The van der Waals surface area contributed by atoms with E-state index in [0.717, 1.165) is 0 Å². The summed E-state index contributed by atoms with van der Waals surface area (Å²) in [5.74, 6) is -0.359. The van der Waals surface area contributed by atoms with Gasteiger partial charge in [-0.1, -0.05) is 11.6 Å². The normalized spacial score (nSPS) is 23.2. The van der Waals surface area contributed by atoms with Gasteiger partial charge >= 0.3 is 0 Å². The molecule has 1 aromatic carbocycles. The summed E-state index contributed by atoms with van der Waals surface area (Å²) < 4.78 is 20.8. The van der Waals surface area contributed by atoms with E-state index >= 15 is 0 Å². The molecule has 6 nitrogen and oxygen atoms in total. The fourth-order valence-corrected chi connectivity index (χ4v) is 3.95. The lowest BCUT2D eigenvalue weighted by molar-refractivity contribution is -0.133. The van der Waals surface area contributed by atoms with Crippen molar-refractivity contribution in [2.24, 2.45) is 10.7 Å². The van der Waals surface area contributed by atoms with Gasteiger partial charge in [-0.3, -0.25) is 14.7 Å². The Balaban J connectivity index is 1.98. The van der Waals surface area contributed by atoms with Crippen LogP contribution in [0.2, 0.25) is 5.02 Å². The molecule has 1 atom stereocenters. The maximum absolute atomic E-state index is 14.9. The van der Waals surface area contributed by atoms with Crippen molar-refractivity contribution in [3.8, 4) is 16.9 Å². The number of hydrogen-bond acceptors (Lipinski definition) is 5. The Kier molecular flexibility index (Phi) is 3.72. The molecule has 0 fully saturated rings. The monoisotopic (exact) mass is 388 g/mol. The largest absolute Gasteiger partial charge is 0.487 e. The zero-order valence-electron chi connectivity index (χ0n) is 15.1. The van der Waals surface area contributed by atoms with Crippen LogP contribution in [0.15, 0.2) is 35.6 Å². The molecular formula is C19H18ClFN4O2. The summed E-state index contributed by atoms with van der Waals surface area (Å²) in [4.78, 5) is 22.9. The average molecular weight is 389 g/mol. The van der Waals surface area contributed by atoms with E-state index in [1.807, 2.05) is 13.8 Å². The number of aromatic nitrogens is 1. The number of carbonyl (C=O) groups is 1. The number of nitrogens with zero attached hydrogens (tertiary/aromatic N) is 3. The van der Waals surface area contributed by atoms with Crippen LogP contribution in [0.25, 0.3) is 11.1 Å². The summed E-state index contributed by atoms with van der Waals surface area (Å²) in [6.45, 7) is 3.67. The Morgan fingerprint density at radius 1 is 1.30 bits per heavy atom. The molecule has 0 bridgehead atoms. The number of ether oxygens (including phenoxy) is 1. The predicted octanol–water partition coefficient (Wildman–Crippen LogP) is 3.08. The molecule has 0 aliphatic carbocycles. The molecular weight excluding hydrogens is 371 g/mol. The fourth-order valence-electron chi connectivity index (χ4n) is 3.78. The minimum atomic E-state index is -1.25. The summed E-state index contributed by atoms with van der Waals surface area (Å²) in [6, 6.07) is 4.48. The SMILES string of the molecule is CN1C(=O)C2(CC(C)(C)Oc3cc(F)c(-c4cncc(Cl)c4)cc32)N=C1N. The standard InChI is InChI=1S/C19H18ClFN4O2/c1-18(2)9-19(16(26)25(3)17(22)24-19)13-5-12(14(21)6-15(13)27-18)10-4-11(20)8-23-7-10/h4-8H,9H2,1-3H3,(H2,22,24). The lowest BCUT2D eigenvalue weighted by Crippen LogP contribution is -2.49. The van der Waals surface area contributed by atoms with Crippen molar-refractivity contribution in [3.63, 3.8) is 0 Å². The highest BCUT2D eigenvalue weighted by atomic mass is 35.5. The highest BCUT2D eigenvalue weighted by molar-refractivity contribution is 6.30. The molecule has 4 rings (SSSR count). The highest BCUT2D eigenvalue weighted by Gasteiger charge is 2.55. The number of guanidine groups is 1. The van der Waals surface area contributed by atoms with Gasteiger partial charge in [-0.05, 0) is 26.0 Å². The Hall–Kier alpha value is -2.67. The maximum Gasteiger partial charge on any atom is 0.261 e. The first kappa shape index (κ1) is 17.7. The molecule has 140 valence electrons. The number of nitrogens with two attached hydrogens (primary N) is 1. The zero-order chi connectivity index (χ0) is 19.6. The van der Waals surface area contributed by atoms with Crippen molar-refractivity contribution in [1.82, 2.24) is 9.88 Å². The fraction of sp³-hybridized carbons (Fsp3) is 0.316. The number of pyridine rings is 1. The first-order chi connectivity index (χ1) is 12.6. The number of aliphatic imine (C=N–C) groups is 1. The molecule has 0 radical (unpaired) electrons. The molecule has 0 saturated carbocycles. The highest BCUT2D eigenvalue weighted by Crippen LogP contribution is 2.50. The van der Waals surface area contributed by atoms with Crippen LogP contribution in [0.1, 0.15) is 25.8 Å². The molecule has 27 heavy (non-hydrogen) atoms. The Labute approximate surface area is 160 Å². The first-order valence-electron chi connectivity index (χ1n) is 8.40. The van der Waals surface area contributed by atoms with Gasteiger partial charge in [-0.25, -0.2) is 9.38 Å². The second-order valence-corrected chi connectivity index (χ2v) is 7.89. The van der Waals surface area contributed by atoms with Crippen LogP contribution in [0.3, 0.4) is 0 Å². The summed E-state index contributed by atoms with van der Waals surface area (Å²) >= 11 is 6.00. The van der Waals surface area contributed by atoms with E-state index in [1.54, 1.807) is 19.2 Å². The molecule has 2 N–H and O–H groups in total. The Bertz CT molecular complexity index is 1010. The van der Waals surface area contributed by atoms with Gasteiger partial charge in [0, 0.05) is 48.6 Å². The Morgan fingerprint density at radius 2 is 2.04 bits per heavy atom. The molecule has 8 heteroatoms. The smallest absolute Gasteiger partial charge is 0.261 e. The van der Waals surface area contributed by atoms with Gasteiger partial charge in [0.05, 0.1) is 5.02 Å². The van der Waals surface area contributed by atoms with E-state index < -0.39 is 17.0 Å². The number of benzene rings is 1. The summed E-state index contributed by atoms with van der Waals surface area (Å²) in [7, 11) is 1.57. The third-order valence-corrected chi connectivity index (χ3v) is 5.11. The molecule has 1 amide bonds. The molecule has 2 aliphatic heterocycles. The lowest BCUT2D eigenvalue weighted by atomic mass is 9.77. The van der Waals surface area contributed by atoms with E-state index in [1.165, 1.54) is 23.4 Å². The number of rotatable bonds is 1. The average Bonchev–Trinajstić information content (AvgIpc) is 2.77. The quantitative estimate of drug-likeness (QED) is 0.814. The second kappa shape index (κ2) is 5.66. The molecule has 0 saturated heterocycles.